The molecule has 2 nitrogen and oxygen atoms in total. The first-order chi connectivity index (χ1) is 28.2. The van der Waals surface area contributed by atoms with E-state index in [-0.39, 0.29) is 28.4 Å². The van der Waals surface area contributed by atoms with E-state index < -0.39 is 0 Å². The number of hydrogen-bond donors (Lipinski definition) is 0. The van der Waals surface area contributed by atoms with E-state index in [0.29, 0.717) is 0 Å². The maximum absolute atomic E-state index is 2.67. The van der Waals surface area contributed by atoms with Gasteiger partial charge in [-0.15, -0.1) is 22.7 Å². The minimum absolute atomic E-state index is 0.0976. The molecule has 8 aromatic rings. The maximum atomic E-state index is 2.67. The lowest BCUT2D eigenvalue weighted by Gasteiger charge is -2.43. The Kier molecular flexibility index (Phi) is 7.28. The molecule has 2 aromatic heterocycles. The van der Waals surface area contributed by atoms with Crippen LogP contribution in [0.2, 0.25) is 0 Å². The Hall–Kier alpha value is -4.84. The minimum Gasteiger partial charge on any atom is -0.310 e. The topological polar surface area (TPSA) is 6.48 Å². The predicted octanol–water partition coefficient (Wildman–Crippen LogP) is 14.0. The molecular formula is C54H51BN2S2. The molecule has 12 rings (SSSR count). The van der Waals surface area contributed by atoms with Crippen molar-refractivity contribution in [3.63, 3.8) is 0 Å². The SMILES string of the molecule is CC1(C)CCC(C)(C)c2cc3c4c(sc3cc21)B1c2sc3cc5c(cc3c2N(c2ccccc2)c2c1c(cc1ccccc21)N4c1ccccc1)C(C)(C)CCC5(C)C. The van der Waals surface area contributed by atoms with Gasteiger partial charge in [0.05, 0.1) is 17.1 Å². The summed E-state index contributed by atoms with van der Waals surface area (Å²) >= 11 is 4.12. The number of nitrogens with zero attached hydrogens (tertiary/aromatic N) is 2. The molecule has 0 radical (unpaired) electrons. The summed E-state index contributed by atoms with van der Waals surface area (Å²) in [6.07, 6.45) is 4.82. The molecule has 0 fully saturated rings. The molecule has 0 N–H and O–H groups in total. The van der Waals surface area contributed by atoms with Gasteiger partial charge in [0.1, 0.15) is 0 Å². The maximum Gasteiger partial charge on any atom is 0.277 e. The first kappa shape index (κ1) is 36.1. The summed E-state index contributed by atoms with van der Waals surface area (Å²) in [5.41, 5.74) is 15.8. The molecule has 0 bridgehead atoms. The molecule has 0 saturated heterocycles. The molecule has 59 heavy (non-hydrogen) atoms. The van der Waals surface area contributed by atoms with E-state index in [1.807, 2.05) is 0 Å². The normalized spacial score (nSPS) is 19.0. The predicted molar refractivity (Wildman–Crippen MR) is 259 cm³/mol. The Morgan fingerprint density at radius 1 is 0.441 bits per heavy atom. The van der Waals surface area contributed by atoms with Crippen molar-refractivity contribution in [2.24, 2.45) is 0 Å². The summed E-state index contributed by atoms with van der Waals surface area (Å²) in [5, 5.41) is 5.37. The molecule has 5 heteroatoms. The molecule has 292 valence electrons. The zero-order valence-corrected chi connectivity index (χ0v) is 37.2. The van der Waals surface area contributed by atoms with E-state index in [2.05, 4.69) is 203 Å². The lowest BCUT2D eigenvalue weighted by molar-refractivity contribution is 0.332. The van der Waals surface area contributed by atoms with Crippen LogP contribution >= 0.6 is 22.7 Å². The van der Waals surface area contributed by atoms with E-state index in [4.69, 9.17) is 0 Å². The van der Waals surface area contributed by atoms with Gasteiger partial charge in [0.25, 0.3) is 6.71 Å². The van der Waals surface area contributed by atoms with E-state index in [1.165, 1.54) is 128 Å². The third-order valence-electron chi connectivity index (χ3n) is 15.1. The molecule has 2 aliphatic heterocycles. The van der Waals surface area contributed by atoms with Gasteiger partial charge < -0.3 is 9.80 Å². The Balaban J connectivity index is 1.26. The van der Waals surface area contributed by atoms with Gasteiger partial charge in [-0.3, -0.25) is 0 Å². The van der Waals surface area contributed by atoms with Crippen LogP contribution < -0.4 is 24.8 Å². The van der Waals surface area contributed by atoms with Crippen LogP contribution in [-0.2, 0) is 21.7 Å². The second-order valence-electron chi connectivity index (χ2n) is 20.6. The standard InChI is InChI=1S/C54H51BN2S2/c1-51(2)23-25-53(5,6)40-30-43-36(28-38(40)51)47-49(58-43)55-45-42(56(47)33-18-11-9-12-19-33)27-32-17-15-16-22-35(32)46(45)57(34-20-13-10-14-21-34)48-37-29-39-41(31-44(37)59-50(48)55)54(7,8)26-24-52(39,3)4/h9-22,27-31H,23-26H2,1-8H3. The fourth-order valence-corrected chi connectivity index (χ4v) is 14.2. The second-order valence-corrected chi connectivity index (χ2v) is 22.8. The highest BCUT2D eigenvalue weighted by Gasteiger charge is 2.49. The Labute approximate surface area is 357 Å². The van der Waals surface area contributed by atoms with Crippen molar-refractivity contribution < 1.29 is 0 Å². The van der Waals surface area contributed by atoms with Gasteiger partial charge >= 0.3 is 0 Å². The summed E-state index contributed by atoms with van der Waals surface area (Å²) in [6.45, 7) is 19.9. The molecule has 0 atom stereocenters. The number of thiophene rings is 2. The third kappa shape index (κ3) is 4.92. The van der Waals surface area contributed by atoms with Crippen LogP contribution in [0.3, 0.4) is 0 Å². The second kappa shape index (κ2) is 11.9. The van der Waals surface area contributed by atoms with Gasteiger partial charge in [-0.2, -0.15) is 0 Å². The van der Waals surface area contributed by atoms with Gasteiger partial charge in [0.15, 0.2) is 0 Å². The van der Waals surface area contributed by atoms with E-state index in [9.17, 15) is 0 Å². The molecule has 4 heterocycles. The lowest BCUT2D eigenvalue weighted by atomic mass is 9.39. The molecule has 0 saturated carbocycles. The van der Waals surface area contributed by atoms with Gasteiger partial charge in [-0.05, 0) is 135 Å². The van der Waals surface area contributed by atoms with Gasteiger partial charge in [-0.25, -0.2) is 0 Å². The van der Waals surface area contributed by atoms with Gasteiger partial charge in [0, 0.05) is 52.2 Å². The first-order valence-electron chi connectivity index (χ1n) is 21.7. The minimum atomic E-state index is 0.0976. The monoisotopic (exact) mass is 802 g/mol. The van der Waals surface area contributed by atoms with Crippen LogP contribution in [0.4, 0.5) is 34.1 Å². The summed E-state index contributed by atoms with van der Waals surface area (Å²) in [5.74, 6) is 0. The van der Waals surface area contributed by atoms with E-state index in [0.717, 1.165) is 0 Å². The van der Waals surface area contributed by atoms with Crippen molar-refractivity contribution in [1.82, 2.24) is 0 Å². The van der Waals surface area contributed by atoms with Crippen LogP contribution in [0, 0.1) is 0 Å². The lowest BCUT2D eigenvalue weighted by Crippen LogP contribution is -2.59. The highest BCUT2D eigenvalue weighted by Crippen LogP contribution is 2.56. The quantitative estimate of drug-likeness (QED) is 0.161. The number of fused-ring (bicyclic) bond motifs is 12. The summed E-state index contributed by atoms with van der Waals surface area (Å²) in [6, 6.07) is 44.6. The van der Waals surface area contributed by atoms with Crippen LogP contribution in [0.5, 0.6) is 0 Å². The number of benzene rings is 6. The zero-order valence-electron chi connectivity index (χ0n) is 35.6. The average Bonchev–Trinajstić information content (AvgIpc) is 3.79. The summed E-state index contributed by atoms with van der Waals surface area (Å²) < 4.78 is 5.76. The number of para-hydroxylation sites is 2. The van der Waals surface area contributed by atoms with Gasteiger partial charge in [0.2, 0.25) is 0 Å². The average molecular weight is 803 g/mol. The fraction of sp³-hybridized carbons (Fsp3) is 0.296. The highest BCUT2D eigenvalue weighted by atomic mass is 32.1. The van der Waals surface area contributed by atoms with Crippen LogP contribution in [0.1, 0.15) is 103 Å². The highest BCUT2D eigenvalue weighted by molar-refractivity contribution is 7.40. The Bertz CT molecular complexity index is 3070. The molecular weight excluding hydrogens is 752 g/mol. The summed E-state index contributed by atoms with van der Waals surface area (Å²) in [7, 11) is 0. The Morgan fingerprint density at radius 2 is 0.864 bits per heavy atom. The molecule has 2 aliphatic carbocycles. The fourth-order valence-electron chi connectivity index (χ4n) is 11.5. The van der Waals surface area contributed by atoms with Gasteiger partial charge in [-0.1, -0.05) is 116 Å². The van der Waals surface area contributed by atoms with Crippen LogP contribution in [-0.4, -0.2) is 6.71 Å². The van der Waals surface area contributed by atoms with Crippen molar-refractivity contribution in [2.45, 2.75) is 103 Å². The van der Waals surface area contributed by atoms with Crippen molar-refractivity contribution in [1.29, 1.82) is 0 Å². The number of anilines is 6. The van der Waals surface area contributed by atoms with Crippen LogP contribution in [0.15, 0.2) is 115 Å². The van der Waals surface area contributed by atoms with E-state index in [1.54, 1.807) is 0 Å². The number of rotatable bonds is 2. The van der Waals surface area contributed by atoms with Crippen molar-refractivity contribution in [3.05, 3.63) is 138 Å². The van der Waals surface area contributed by atoms with Crippen molar-refractivity contribution in [2.75, 3.05) is 9.80 Å². The molecule has 0 spiro atoms. The van der Waals surface area contributed by atoms with E-state index >= 15 is 0 Å². The van der Waals surface area contributed by atoms with Crippen molar-refractivity contribution in [3.8, 4) is 0 Å². The molecule has 0 unspecified atom stereocenters. The first-order valence-corrected chi connectivity index (χ1v) is 23.4. The third-order valence-corrected chi connectivity index (χ3v) is 17.5. The molecule has 4 aliphatic rings. The van der Waals surface area contributed by atoms with Crippen LogP contribution in [0.25, 0.3) is 30.9 Å². The Morgan fingerprint density at radius 3 is 1.37 bits per heavy atom. The molecule has 6 aromatic carbocycles. The smallest absolute Gasteiger partial charge is 0.277 e. The molecule has 0 amide bonds. The zero-order chi connectivity index (χ0) is 40.4. The largest absolute Gasteiger partial charge is 0.310 e. The summed E-state index contributed by atoms with van der Waals surface area (Å²) in [4.78, 5) is 5.32. The number of hydrogen-bond acceptors (Lipinski definition) is 4. The van der Waals surface area contributed by atoms with Crippen molar-refractivity contribution >= 4 is 109 Å².